The maximum Gasteiger partial charge on any atom is 0.239 e. The monoisotopic (exact) mass is 248 g/mol. The summed E-state index contributed by atoms with van der Waals surface area (Å²) in [6.45, 7) is 6.75. The highest BCUT2D eigenvalue weighted by Gasteiger charge is 2.13. The van der Waals surface area contributed by atoms with Gasteiger partial charge in [0.15, 0.2) is 6.29 Å². The Kier molecular flexibility index (Phi) is 5.36. The van der Waals surface area contributed by atoms with Crippen LogP contribution < -0.4 is 10.2 Å². The molecule has 0 saturated heterocycles. The first-order valence-corrected chi connectivity index (χ1v) is 6.17. The highest BCUT2D eigenvalue weighted by Crippen LogP contribution is 2.18. The summed E-state index contributed by atoms with van der Waals surface area (Å²) in [7, 11) is 0. The number of carbonyl (C=O) groups is 2. The Hall–Kier alpha value is -1.84. The number of nitrogens with one attached hydrogen (secondary N) is 1. The fourth-order valence-corrected chi connectivity index (χ4v) is 1.78. The van der Waals surface area contributed by atoms with E-state index in [2.05, 4.69) is 5.32 Å². The SMILES string of the molecule is CCN(CC(=O)NC(C)C)c1ccccc1C=O. The maximum atomic E-state index is 11.8. The molecule has 98 valence electrons. The van der Waals surface area contributed by atoms with Crippen LogP contribution in [-0.2, 0) is 4.79 Å². The maximum absolute atomic E-state index is 11.8. The van der Waals surface area contributed by atoms with Crippen molar-refractivity contribution in [2.45, 2.75) is 26.8 Å². The molecule has 0 bridgehead atoms. The molecular weight excluding hydrogens is 228 g/mol. The van der Waals surface area contributed by atoms with Crippen molar-refractivity contribution in [1.82, 2.24) is 5.32 Å². The number of likely N-dealkylation sites (N-methyl/N-ethyl adjacent to an activating group) is 1. The van der Waals surface area contributed by atoms with Crippen molar-refractivity contribution < 1.29 is 9.59 Å². The normalized spacial score (nSPS) is 10.2. The van der Waals surface area contributed by atoms with Crippen molar-refractivity contribution in [2.75, 3.05) is 18.0 Å². The molecule has 0 aromatic heterocycles. The number of amides is 1. The Morgan fingerprint density at radius 3 is 2.61 bits per heavy atom. The average molecular weight is 248 g/mol. The third-order valence-corrected chi connectivity index (χ3v) is 2.57. The highest BCUT2D eigenvalue weighted by atomic mass is 16.2. The zero-order valence-corrected chi connectivity index (χ0v) is 11.1. The van der Waals surface area contributed by atoms with Crippen molar-refractivity contribution in [3.05, 3.63) is 29.8 Å². The van der Waals surface area contributed by atoms with Gasteiger partial charge >= 0.3 is 0 Å². The molecule has 18 heavy (non-hydrogen) atoms. The third kappa shape index (κ3) is 3.87. The zero-order valence-electron chi connectivity index (χ0n) is 11.1. The summed E-state index contributed by atoms with van der Waals surface area (Å²) in [5, 5.41) is 2.85. The third-order valence-electron chi connectivity index (χ3n) is 2.57. The van der Waals surface area contributed by atoms with E-state index in [1.54, 1.807) is 6.07 Å². The number of aldehydes is 1. The Morgan fingerprint density at radius 2 is 2.06 bits per heavy atom. The molecule has 0 spiro atoms. The van der Waals surface area contributed by atoms with E-state index in [1.807, 2.05) is 43.9 Å². The van der Waals surface area contributed by atoms with E-state index >= 15 is 0 Å². The minimum atomic E-state index is -0.0347. The van der Waals surface area contributed by atoms with E-state index in [0.717, 1.165) is 12.0 Å². The molecule has 1 aromatic rings. The second kappa shape index (κ2) is 6.79. The highest BCUT2D eigenvalue weighted by molar-refractivity contribution is 5.87. The molecule has 0 radical (unpaired) electrons. The standard InChI is InChI=1S/C14H20N2O2/c1-4-16(9-14(18)15-11(2)3)13-8-6-5-7-12(13)10-17/h5-8,10-11H,4,9H2,1-3H3,(H,15,18). The molecule has 0 atom stereocenters. The molecule has 0 aliphatic rings. The number of anilines is 1. The summed E-state index contributed by atoms with van der Waals surface area (Å²) in [5.74, 6) is -0.0347. The molecule has 1 rings (SSSR count). The topological polar surface area (TPSA) is 49.4 Å². The fourth-order valence-electron chi connectivity index (χ4n) is 1.78. The molecule has 4 heteroatoms. The first kappa shape index (κ1) is 14.2. The second-order valence-corrected chi connectivity index (χ2v) is 4.41. The Morgan fingerprint density at radius 1 is 1.39 bits per heavy atom. The van der Waals surface area contributed by atoms with Crippen LogP contribution in [0.4, 0.5) is 5.69 Å². The summed E-state index contributed by atoms with van der Waals surface area (Å²) in [5.41, 5.74) is 1.41. The second-order valence-electron chi connectivity index (χ2n) is 4.41. The van der Waals surface area contributed by atoms with Crippen molar-refractivity contribution >= 4 is 17.9 Å². The lowest BCUT2D eigenvalue weighted by Crippen LogP contribution is -2.40. The first-order chi connectivity index (χ1) is 8.58. The Labute approximate surface area is 108 Å². The molecular formula is C14H20N2O2. The molecule has 0 unspecified atom stereocenters. The van der Waals surface area contributed by atoms with Crippen LogP contribution in [0.1, 0.15) is 31.1 Å². The van der Waals surface area contributed by atoms with Gasteiger partial charge in [0.05, 0.1) is 6.54 Å². The quantitative estimate of drug-likeness (QED) is 0.782. The number of benzene rings is 1. The van der Waals surface area contributed by atoms with Crippen LogP contribution in [0.25, 0.3) is 0 Å². The summed E-state index contributed by atoms with van der Waals surface area (Å²) in [6, 6.07) is 7.42. The van der Waals surface area contributed by atoms with E-state index in [9.17, 15) is 9.59 Å². The van der Waals surface area contributed by atoms with Crippen LogP contribution in [0.15, 0.2) is 24.3 Å². The number of carbonyl (C=O) groups excluding carboxylic acids is 2. The smallest absolute Gasteiger partial charge is 0.239 e. The average Bonchev–Trinajstić information content (AvgIpc) is 2.35. The van der Waals surface area contributed by atoms with E-state index in [0.29, 0.717) is 12.1 Å². The zero-order chi connectivity index (χ0) is 13.5. The largest absolute Gasteiger partial charge is 0.362 e. The van der Waals surface area contributed by atoms with Crippen molar-refractivity contribution in [3.8, 4) is 0 Å². The minimum absolute atomic E-state index is 0.0347. The lowest BCUT2D eigenvalue weighted by molar-refractivity contribution is -0.120. The van der Waals surface area contributed by atoms with Crippen molar-refractivity contribution in [2.24, 2.45) is 0 Å². The molecule has 4 nitrogen and oxygen atoms in total. The van der Waals surface area contributed by atoms with Gasteiger partial charge in [-0.3, -0.25) is 9.59 Å². The van der Waals surface area contributed by atoms with Crippen LogP contribution in [-0.4, -0.2) is 31.3 Å². The predicted octanol–water partition coefficient (Wildman–Crippen LogP) is 1.85. The van der Waals surface area contributed by atoms with E-state index < -0.39 is 0 Å². The molecule has 1 amide bonds. The Bertz CT molecular complexity index is 416. The van der Waals surface area contributed by atoms with Gasteiger partial charge in [0.25, 0.3) is 0 Å². The number of para-hydroxylation sites is 1. The van der Waals surface area contributed by atoms with Gasteiger partial charge in [-0.1, -0.05) is 12.1 Å². The predicted molar refractivity (Wildman–Crippen MR) is 73.0 cm³/mol. The van der Waals surface area contributed by atoms with Gasteiger partial charge in [-0.15, -0.1) is 0 Å². The van der Waals surface area contributed by atoms with Crippen LogP contribution in [0.5, 0.6) is 0 Å². The lowest BCUT2D eigenvalue weighted by atomic mass is 10.1. The summed E-state index contributed by atoms with van der Waals surface area (Å²) in [4.78, 5) is 24.6. The number of hydrogen-bond donors (Lipinski definition) is 1. The number of hydrogen-bond acceptors (Lipinski definition) is 3. The van der Waals surface area contributed by atoms with Gasteiger partial charge in [0, 0.05) is 23.8 Å². The molecule has 0 aliphatic carbocycles. The van der Waals surface area contributed by atoms with Crippen molar-refractivity contribution in [1.29, 1.82) is 0 Å². The number of nitrogens with zero attached hydrogens (tertiary/aromatic N) is 1. The van der Waals surface area contributed by atoms with Gasteiger partial charge in [0.1, 0.15) is 0 Å². The lowest BCUT2D eigenvalue weighted by Gasteiger charge is -2.24. The summed E-state index contributed by atoms with van der Waals surface area (Å²) >= 11 is 0. The first-order valence-electron chi connectivity index (χ1n) is 6.17. The van der Waals surface area contributed by atoms with E-state index in [1.165, 1.54) is 0 Å². The fraction of sp³-hybridized carbons (Fsp3) is 0.429. The van der Waals surface area contributed by atoms with Gasteiger partial charge in [-0.2, -0.15) is 0 Å². The summed E-state index contributed by atoms with van der Waals surface area (Å²) < 4.78 is 0. The van der Waals surface area contributed by atoms with Gasteiger partial charge in [-0.25, -0.2) is 0 Å². The minimum Gasteiger partial charge on any atom is -0.362 e. The van der Waals surface area contributed by atoms with Gasteiger partial charge in [-0.05, 0) is 32.9 Å². The molecule has 0 heterocycles. The molecule has 0 fully saturated rings. The van der Waals surface area contributed by atoms with Gasteiger partial charge in [0.2, 0.25) is 5.91 Å². The molecule has 0 aliphatic heterocycles. The molecule has 1 aromatic carbocycles. The van der Waals surface area contributed by atoms with Crippen LogP contribution in [0, 0.1) is 0 Å². The van der Waals surface area contributed by atoms with Crippen LogP contribution in [0.2, 0.25) is 0 Å². The van der Waals surface area contributed by atoms with Gasteiger partial charge < -0.3 is 10.2 Å². The molecule has 1 N–H and O–H groups in total. The summed E-state index contributed by atoms with van der Waals surface area (Å²) in [6.07, 6.45) is 0.818. The van der Waals surface area contributed by atoms with E-state index in [4.69, 9.17) is 0 Å². The number of rotatable bonds is 6. The Balaban J connectivity index is 2.83. The molecule has 0 saturated carbocycles. The van der Waals surface area contributed by atoms with Crippen LogP contribution >= 0.6 is 0 Å². The van der Waals surface area contributed by atoms with Crippen LogP contribution in [0.3, 0.4) is 0 Å². The van der Waals surface area contributed by atoms with E-state index in [-0.39, 0.29) is 18.5 Å². The van der Waals surface area contributed by atoms with Crippen molar-refractivity contribution in [3.63, 3.8) is 0 Å².